The van der Waals surface area contributed by atoms with Crippen molar-refractivity contribution < 1.29 is 19.0 Å². The van der Waals surface area contributed by atoms with Gasteiger partial charge in [0.25, 0.3) is 11.5 Å². The smallest absolute Gasteiger partial charge is 0.263 e. The Hall–Kier alpha value is -4.26. The molecule has 0 aliphatic rings. The van der Waals surface area contributed by atoms with Gasteiger partial charge >= 0.3 is 0 Å². The number of pyridine rings is 1. The first kappa shape index (κ1) is 22.0. The van der Waals surface area contributed by atoms with E-state index >= 15 is 0 Å². The Morgan fingerprint density at radius 1 is 0.848 bits per heavy atom. The van der Waals surface area contributed by atoms with Crippen molar-refractivity contribution in [3.05, 3.63) is 94.4 Å². The molecular formula is C26H24N2O5. The van der Waals surface area contributed by atoms with Gasteiger partial charge in [0.05, 0.1) is 32.6 Å². The molecule has 0 bridgehead atoms. The second-order valence-electron chi connectivity index (χ2n) is 7.32. The van der Waals surface area contributed by atoms with Crippen molar-refractivity contribution in [3.63, 3.8) is 0 Å². The van der Waals surface area contributed by atoms with E-state index in [-0.39, 0.29) is 11.5 Å². The third-order valence-corrected chi connectivity index (χ3v) is 5.39. The van der Waals surface area contributed by atoms with Crippen molar-refractivity contribution in [2.24, 2.45) is 0 Å². The molecule has 0 aliphatic heterocycles. The summed E-state index contributed by atoms with van der Waals surface area (Å²) in [5, 5.41) is 3.95. The summed E-state index contributed by atoms with van der Waals surface area (Å²) in [7, 11) is 4.52. The van der Waals surface area contributed by atoms with Gasteiger partial charge in [0.1, 0.15) is 0 Å². The SMILES string of the molecule is COc1cc(-n2cc(C(=O)NCc3ccccc3)c3ccccc3c2=O)cc(OC)c1OC. The molecule has 3 aromatic carbocycles. The molecule has 0 atom stereocenters. The van der Waals surface area contributed by atoms with Crippen LogP contribution in [0.2, 0.25) is 0 Å². The van der Waals surface area contributed by atoms with Crippen LogP contribution in [0.15, 0.2) is 77.7 Å². The molecule has 1 amide bonds. The molecule has 4 aromatic rings. The van der Waals surface area contributed by atoms with Crippen LogP contribution in [0.4, 0.5) is 0 Å². The van der Waals surface area contributed by atoms with Crippen LogP contribution in [0.1, 0.15) is 15.9 Å². The van der Waals surface area contributed by atoms with Gasteiger partial charge < -0.3 is 19.5 Å². The first-order chi connectivity index (χ1) is 16.1. The second-order valence-corrected chi connectivity index (χ2v) is 7.32. The fraction of sp³-hybridized carbons (Fsp3) is 0.154. The fourth-order valence-electron chi connectivity index (χ4n) is 3.74. The van der Waals surface area contributed by atoms with Gasteiger partial charge in [-0.25, -0.2) is 0 Å². The van der Waals surface area contributed by atoms with Crippen LogP contribution < -0.4 is 25.1 Å². The number of methoxy groups -OCH3 is 3. The van der Waals surface area contributed by atoms with E-state index in [4.69, 9.17) is 14.2 Å². The predicted octanol–water partition coefficient (Wildman–Crippen LogP) is 3.95. The molecule has 0 fully saturated rings. The summed E-state index contributed by atoms with van der Waals surface area (Å²) < 4.78 is 17.7. The number of rotatable bonds is 7. The lowest BCUT2D eigenvalue weighted by Crippen LogP contribution is -2.27. The molecule has 1 N–H and O–H groups in total. The van der Waals surface area contributed by atoms with E-state index in [1.54, 1.807) is 42.6 Å². The number of amides is 1. The molecule has 0 radical (unpaired) electrons. The van der Waals surface area contributed by atoms with Gasteiger partial charge in [0, 0.05) is 35.6 Å². The van der Waals surface area contributed by atoms with Crippen LogP contribution in [0.25, 0.3) is 16.5 Å². The minimum Gasteiger partial charge on any atom is -0.493 e. The summed E-state index contributed by atoms with van der Waals surface area (Å²) in [6.45, 7) is 0.372. The Bertz CT molecular complexity index is 1340. The van der Waals surface area contributed by atoms with Crippen LogP contribution in [-0.2, 0) is 6.54 Å². The monoisotopic (exact) mass is 444 g/mol. The molecular weight excluding hydrogens is 420 g/mol. The topological polar surface area (TPSA) is 78.8 Å². The number of hydrogen-bond donors (Lipinski definition) is 1. The molecule has 0 spiro atoms. The molecule has 0 saturated heterocycles. The lowest BCUT2D eigenvalue weighted by Gasteiger charge is -2.17. The lowest BCUT2D eigenvalue weighted by molar-refractivity contribution is 0.0952. The molecule has 0 unspecified atom stereocenters. The maximum Gasteiger partial charge on any atom is 0.263 e. The number of carbonyl (C=O) groups excluding carboxylic acids is 1. The number of aromatic nitrogens is 1. The molecule has 1 heterocycles. The Morgan fingerprint density at radius 2 is 1.45 bits per heavy atom. The zero-order valence-corrected chi connectivity index (χ0v) is 18.6. The first-order valence-electron chi connectivity index (χ1n) is 10.3. The average molecular weight is 444 g/mol. The molecule has 1 aromatic heterocycles. The molecule has 33 heavy (non-hydrogen) atoms. The highest BCUT2D eigenvalue weighted by Gasteiger charge is 2.19. The minimum atomic E-state index is -0.281. The van der Waals surface area contributed by atoms with Crippen molar-refractivity contribution >= 4 is 16.7 Å². The van der Waals surface area contributed by atoms with Gasteiger partial charge in [-0.3, -0.25) is 14.2 Å². The van der Waals surface area contributed by atoms with Crippen molar-refractivity contribution in [2.75, 3.05) is 21.3 Å². The number of nitrogens with one attached hydrogen (secondary N) is 1. The summed E-state index contributed by atoms with van der Waals surface area (Å²) in [5.74, 6) is 0.943. The number of ether oxygens (including phenoxy) is 3. The second kappa shape index (κ2) is 9.48. The van der Waals surface area contributed by atoms with E-state index in [9.17, 15) is 9.59 Å². The van der Waals surface area contributed by atoms with Gasteiger partial charge in [0.2, 0.25) is 5.75 Å². The van der Waals surface area contributed by atoms with Gasteiger partial charge in [0.15, 0.2) is 11.5 Å². The number of carbonyl (C=O) groups is 1. The number of nitrogens with zero attached hydrogens (tertiary/aromatic N) is 1. The number of hydrogen-bond acceptors (Lipinski definition) is 5. The van der Waals surface area contributed by atoms with E-state index < -0.39 is 0 Å². The lowest BCUT2D eigenvalue weighted by atomic mass is 10.1. The molecule has 0 aliphatic carbocycles. The highest BCUT2D eigenvalue weighted by Crippen LogP contribution is 2.39. The summed E-state index contributed by atoms with van der Waals surface area (Å²) >= 11 is 0. The standard InChI is InChI=1S/C26H24N2O5/c1-31-22-13-18(14-23(32-2)24(22)33-3)28-16-21(19-11-7-8-12-20(19)26(28)30)25(29)27-15-17-9-5-4-6-10-17/h4-14,16H,15H2,1-3H3,(H,27,29). The number of benzene rings is 3. The Balaban J connectivity index is 1.85. The van der Waals surface area contributed by atoms with Crippen molar-refractivity contribution in [2.45, 2.75) is 6.54 Å². The molecule has 0 saturated carbocycles. The van der Waals surface area contributed by atoms with Gasteiger partial charge in [-0.2, -0.15) is 0 Å². The van der Waals surface area contributed by atoms with Crippen molar-refractivity contribution in [1.82, 2.24) is 9.88 Å². The summed E-state index contributed by atoms with van der Waals surface area (Å²) in [4.78, 5) is 26.5. The van der Waals surface area contributed by atoms with E-state index in [2.05, 4.69) is 5.32 Å². The predicted molar refractivity (Wildman–Crippen MR) is 127 cm³/mol. The third-order valence-electron chi connectivity index (χ3n) is 5.39. The highest BCUT2D eigenvalue weighted by atomic mass is 16.5. The van der Waals surface area contributed by atoms with Crippen LogP contribution in [0.5, 0.6) is 17.2 Å². The Morgan fingerprint density at radius 3 is 2.06 bits per heavy atom. The van der Waals surface area contributed by atoms with Gasteiger partial charge in [-0.1, -0.05) is 48.5 Å². The first-order valence-corrected chi connectivity index (χ1v) is 10.3. The largest absolute Gasteiger partial charge is 0.493 e. The van der Waals surface area contributed by atoms with Crippen molar-refractivity contribution in [1.29, 1.82) is 0 Å². The van der Waals surface area contributed by atoms with E-state index in [1.165, 1.54) is 25.9 Å². The maximum absolute atomic E-state index is 13.4. The summed E-state index contributed by atoms with van der Waals surface area (Å²) in [5.41, 5.74) is 1.58. The quantitative estimate of drug-likeness (QED) is 0.467. The zero-order valence-electron chi connectivity index (χ0n) is 18.6. The molecule has 7 heteroatoms. The Kier molecular flexibility index (Phi) is 6.31. The van der Waals surface area contributed by atoms with Crippen LogP contribution in [-0.4, -0.2) is 31.8 Å². The van der Waals surface area contributed by atoms with Crippen molar-refractivity contribution in [3.8, 4) is 22.9 Å². The minimum absolute atomic E-state index is 0.264. The third kappa shape index (κ3) is 4.25. The highest BCUT2D eigenvalue weighted by molar-refractivity contribution is 6.06. The van der Waals surface area contributed by atoms with E-state index in [0.29, 0.717) is 45.8 Å². The zero-order chi connectivity index (χ0) is 23.4. The summed E-state index contributed by atoms with van der Waals surface area (Å²) in [6, 6.07) is 20.0. The Labute approximate surface area is 191 Å². The average Bonchev–Trinajstić information content (AvgIpc) is 2.87. The molecule has 7 nitrogen and oxygen atoms in total. The van der Waals surface area contributed by atoms with E-state index in [0.717, 1.165) is 5.56 Å². The van der Waals surface area contributed by atoms with Gasteiger partial charge in [-0.15, -0.1) is 0 Å². The molecule has 168 valence electrons. The van der Waals surface area contributed by atoms with E-state index in [1.807, 2.05) is 30.3 Å². The normalized spacial score (nSPS) is 10.6. The van der Waals surface area contributed by atoms with Crippen LogP contribution in [0.3, 0.4) is 0 Å². The molecule has 4 rings (SSSR count). The summed E-state index contributed by atoms with van der Waals surface area (Å²) in [6.07, 6.45) is 1.55. The van der Waals surface area contributed by atoms with Gasteiger partial charge in [-0.05, 0) is 11.6 Å². The van der Waals surface area contributed by atoms with Crippen LogP contribution >= 0.6 is 0 Å². The maximum atomic E-state index is 13.4. The fourth-order valence-corrected chi connectivity index (χ4v) is 3.74. The number of fused-ring (bicyclic) bond motifs is 1. The van der Waals surface area contributed by atoms with Crippen LogP contribution in [0, 0.1) is 0 Å².